The van der Waals surface area contributed by atoms with Crippen LogP contribution in [-0.4, -0.2) is 20.1 Å². The monoisotopic (exact) mass is 379 g/mol. The van der Waals surface area contributed by atoms with Crippen molar-refractivity contribution < 1.29 is 5.11 Å². The number of hydrogen-bond acceptors (Lipinski definition) is 4. The molecule has 2 fully saturated rings. The van der Waals surface area contributed by atoms with Gasteiger partial charge < -0.3 is 5.11 Å². The highest BCUT2D eigenvalue weighted by Crippen LogP contribution is 2.39. The standard InChI is InChI=1S/C24H33N3O/c1-16(19-8-9-19)6-12-22-25-23(13-7-17(2)20-10-11-20)27-24(26-22)21-5-3-4-18(14-21)15-28/h3-5,14,16-17,19-20,28H,6-13,15H2,1-2H3/t16-,17-/m0/s1. The summed E-state index contributed by atoms with van der Waals surface area (Å²) in [4.78, 5) is 14.4. The predicted octanol–water partition coefficient (Wildman–Crippen LogP) is 4.99. The van der Waals surface area contributed by atoms with Gasteiger partial charge in [-0.25, -0.2) is 15.0 Å². The van der Waals surface area contributed by atoms with Gasteiger partial charge in [0, 0.05) is 18.4 Å². The Kier molecular flexibility index (Phi) is 6.05. The Morgan fingerprint density at radius 1 is 0.893 bits per heavy atom. The van der Waals surface area contributed by atoms with E-state index in [1.807, 2.05) is 24.3 Å². The van der Waals surface area contributed by atoms with Gasteiger partial charge in [-0.05, 0) is 73.8 Å². The van der Waals surface area contributed by atoms with Gasteiger partial charge in [0.05, 0.1) is 6.61 Å². The zero-order valence-electron chi connectivity index (χ0n) is 17.3. The highest BCUT2D eigenvalue weighted by molar-refractivity contribution is 5.55. The first-order chi connectivity index (χ1) is 13.6. The molecule has 0 radical (unpaired) electrons. The summed E-state index contributed by atoms with van der Waals surface area (Å²) in [5, 5.41) is 9.47. The molecule has 28 heavy (non-hydrogen) atoms. The van der Waals surface area contributed by atoms with Crippen LogP contribution in [0.2, 0.25) is 0 Å². The number of rotatable bonds is 10. The molecule has 0 spiro atoms. The maximum absolute atomic E-state index is 9.47. The van der Waals surface area contributed by atoms with Crippen molar-refractivity contribution in [2.75, 3.05) is 0 Å². The minimum Gasteiger partial charge on any atom is -0.392 e. The van der Waals surface area contributed by atoms with E-state index in [0.29, 0.717) is 0 Å². The Morgan fingerprint density at radius 2 is 1.46 bits per heavy atom. The van der Waals surface area contributed by atoms with E-state index in [1.165, 1.54) is 25.7 Å². The average Bonchev–Trinajstić information content (AvgIpc) is 3.62. The molecule has 2 saturated carbocycles. The van der Waals surface area contributed by atoms with E-state index < -0.39 is 0 Å². The molecule has 2 atom stereocenters. The number of benzene rings is 1. The molecule has 2 aromatic rings. The van der Waals surface area contributed by atoms with E-state index in [-0.39, 0.29) is 6.61 Å². The summed E-state index contributed by atoms with van der Waals surface area (Å²) < 4.78 is 0. The van der Waals surface area contributed by atoms with Crippen LogP contribution >= 0.6 is 0 Å². The molecule has 2 aliphatic rings. The van der Waals surface area contributed by atoms with Crippen LogP contribution in [-0.2, 0) is 19.4 Å². The summed E-state index contributed by atoms with van der Waals surface area (Å²) in [6.07, 6.45) is 9.73. The van der Waals surface area contributed by atoms with Gasteiger partial charge in [0.1, 0.15) is 11.6 Å². The molecule has 1 aromatic carbocycles. The molecule has 0 unspecified atom stereocenters. The number of hydrogen-bond donors (Lipinski definition) is 1. The molecule has 0 bridgehead atoms. The van der Waals surface area contributed by atoms with Crippen LogP contribution in [0, 0.1) is 23.7 Å². The van der Waals surface area contributed by atoms with E-state index in [9.17, 15) is 5.11 Å². The van der Waals surface area contributed by atoms with E-state index in [2.05, 4.69) is 13.8 Å². The van der Waals surface area contributed by atoms with Crippen LogP contribution in [0.15, 0.2) is 24.3 Å². The van der Waals surface area contributed by atoms with Crippen molar-refractivity contribution in [1.29, 1.82) is 0 Å². The topological polar surface area (TPSA) is 58.9 Å². The van der Waals surface area contributed by atoms with Gasteiger partial charge in [0.25, 0.3) is 0 Å². The summed E-state index contributed by atoms with van der Waals surface area (Å²) in [6, 6.07) is 7.92. The van der Waals surface area contributed by atoms with Crippen LogP contribution in [0.4, 0.5) is 0 Å². The third kappa shape index (κ3) is 5.16. The molecule has 4 heteroatoms. The van der Waals surface area contributed by atoms with Gasteiger partial charge >= 0.3 is 0 Å². The summed E-state index contributed by atoms with van der Waals surface area (Å²) in [6.45, 7) is 4.77. The number of aliphatic hydroxyl groups excluding tert-OH is 1. The highest BCUT2D eigenvalue weighted by atomic mass is 16.3. The number of aromatic nitrogens is 3. The zero-order chi connectivity index (χ0) is 19.5. The van der Waals surface area contributed by atoms with Crippen molar-refractivity contribution in [1.82, 2.24) is 15.0 Å². The molecule has 0 aliphatic heterocycles. The predicted molar refractivity (Wildman–Crippen MR) is 112 cm³/mol. The lowest BCUT2D eigenvalue weighted by Crippen LogP contribution is -2.10. The van der Waals surface area contributed by atoms with E-state index in [1.54, 1.807) is 0 Å². The molecule has 1 heterocycles. The largest absolute Gasteiger partial charge is 0.392 e. The molecule has 4 nitrogen and oxygen atoms in total. The molecule has 1 N–H and O–H groups in total. The molecule has 1 aromatic heterocycles. The van der Waals surface area contributed by atoms with Gasteiger partial charge in [0.2, 0.25) is 0 Å². The first-order valence-corrected chi connectivity index (χ1v) is 11.1. The van der Waals surface area contributed by atoms with Crippen LogP contribution in [0.3, 0.4) is 0 Å². The van der Waals surface area contributed by atoms with Gasteiger partial charge in [-0.2, -0.15) is 0 Å². The van der Waals surface area contributed by atoms with Crippen LogP contribution in [0.5, 0.6) is 0 Å². The third-order valence-corrected chi connectivity index (χ3v) is 6.60. The van der Waals surface area contributed by atoms with Gasteiger partial charge in [-0.1, -0.05) is 32.0 Å². The first-order valence-electron chi connectivity index (χ1n) is 11.1. The summed E-state index contributed by atoms with van der Waals surface area (Å²) in [5.74, 6) is 5.98. The molecular weight excluding hydrogens is 346 g/mol. The maximum Gasteiger partial charge on any atom is 0.163 e. The Bertz CT molecular complexity index is 758. The van der Waals surface area contributed by atoms with Gasteiger partial charge in [0.15, 0.2) is 5.82 Å². The fourth-order valence-electron chi connectivity index (χ4n) is 4.15. The molecular formula is C24H33N3O. The maximum atomic E-state index is 9.47. The Labute approximate surface area is 168 Å². The third-order valence-electron chi connectivity index (χ3n) is 6.60. The lowest BCUT2D eigenvalue weighted by Gasteiger charge is -2.12. The fraction of sp³-hybridized carbons (Fsp3) is 0.625. The summed E-state index contributed by atoms with van der Waals surface area (Å²) >= 11 is 0. The number of aryl methyl sites for hydroxylation is 2. The van der Waals surface area contributed by atoms with E-state index >= 15 is 0 Å². The average molecular weight is 380 g/mol. The van der Waals surface area contributed by atoms with Crippen molar-refractivity contribution in [3.63, 3.8) is 0 Å². The fourth-order valence-corrected chi connectivity index (χ4v) is 4.15. The van der Waals surface area contributed by atoms with Crippen molar-refractivity contribution in [2.24, 2.45) is 23.7 Å². The van der Waals surface area contributed by atoms with E-state index in [4.69, 9.17) is 15.0 Å². The first kappa shape index (κ1) is 19.5. The molecule has 0 saturated heterocycles. The number of aliphatic hydroxyl groups is 1. The Morgan fingerprint density at radius 3 is 1.96 bits per heavy atom. The second-order valence-corrected chi connectivity index (χ2v) is 9.06. The summed E-state index contributed by atoms with van der Waals surface area (Å²) in [7, 11) is 0. The second kappa shape index (κ2) is 8.69. The smallest absolute Gasteiger partial charge is 0.163 e. The van der Waals surface area contributed by atoms with Crippen LogP contribution in [0.25, 0.3) is 11.4 Å². The molecule has 2 aliphatic carbocycles. The minimum atomic E-state index is 0.0381. The molecule has 0 amide bonds. The molecule has 150 valence electrons. The quantitative estimate of drug-likeness (QED) is 0.632. The lowest BCUT2D eigenvalue weighted by molar-refractivity contribution is 0.282. The van der Waals surface area contributed by atoms with E-state index in [0.717, 1.165) is 78.0 Å². The van der Waals surface area contributed by atoms with Crippen LogP contribution < -0.4 is 0 Å². The minimum absolute atomic E-state index is 0.0381. The Balaban J connectivity index is 1.53. The highest BCUT2D eigenvalue weighted by Gasteiger charge is 2.28. The van der Waals surface area contributed by atoms with Crippen LogP contribution in [0.1, 0.15) is 69.6 Å². The second-order valence-electron chi connectivity index (χ2n) is 9.06. The van der Waals surface area contributed by atoms with Crippen molar-refractivity contribution in [3.05, 3.63) is 41.5 Å². The lowest BCUT2D eigenvalue weighted by atomic mass is 9.99. The molecule has 4 rings (SSSR count). The summed E-state index contributed by atoms with van der Waals surface area (Å²) in [5.41, 5.74) is 1.87. The van der Waals surface area contributed by atoms with Crippen molar-refractivity contribution >= 4 is 0 Å². The SMILES string of the molecule is C[C@@H](CCc1nc(CC[C@H](C)C2CC2)nc(-c2cccc(CO)c2)n1)C1CC1. The Hall–Kier alpha value is -1.81. The van der Waals surface area contributed by atoms with Gasteiger partial charge in [-0.3, -0.25) is 0 Å². The van der Waals surface area contributed by atoms with Crippen molar-refractivity contribution in [3.8, 4) is 11.4 Å². The van der Waals surface area contributed by atoms with Gasteiger partial charge in [-0.15, -0.1) is 0 Å². The normalized spacial score (nSPS) is 18.8. The number of nitrogens with zero attached hydrogens (tertiary/aromatic N) is 3. The van der Waals surface area contributed by atoms with Crippen molar-refractivity contribution in [2.45, 2.75) is 71.8 Å². The zero-order valence-corrected chi connectivity index (χ0v) is 17.3.